The lowest BCUT2D eigenvalue weighted by molar-refractivity contribution is -0.184. The van der Waals surface area contributed by atoms with Gasteiger partial charge in [0, 0.05) is 31.2 Å². The molecule has 0 aromatic carbocycles. The summed E-state index contributed by atoms with van der Waals surface area (Å²) in [5.74, 6) is -0.603. The van der Waals surface area contributed by atoms with Gasteiger partial charge in [0.1, 0.15) is 0 Å². The zero-order chi connectivity index (χ0) is 25.8. The summed E-state index contributed by atoms with van der Waals surface area (Å²) < 4.78 is 63.3. The molecule has 2 heterocycles. The minimum absolute atomic E-state index is 0.0296. The molecule has 10 heteroatoms. The molecule has 0 radical (unpaired) electrons. The average molecular weight is 515 g/mol. The van der Waals surface area contributed by atoms with Crippen molar-refractivity contribution in [2.45, 2.75) is 77.0 Å². The molecule has 0 amide bonds. The van der Waals surface area contributed by atoms with Crippen LogP contribution < -0.4 is 5.32 Å². The van der Waals surface area contributed by atoms with Crippen molar-refractivity contribution in [3.8, 4) is 0 Å². The molecule has 0 bridgehead atoms. The second-order valence-corrected chi connectivity index (χ2v) is 12.1. The molecule has 1 saturated carbocycles. The van der Waals surface area contributed by atoms with Crippen LogP contribution in [0, 0.1) is 17.8 Å². The number of sulfone groups is 1. The Morgan fingerprint density at radius 3 is 2.43 bits per heavy atom. The van der Waals surface area contributed by atoms with Crippen LogP contribution in [0.15, 0.2) is 39.6 Å². The number of nitrogens with one attached hydrogen (secondary N) is 1. The Kier molecular flexibility index (Phi) is 9.01. The number of alkyl halides is 3. The minimum atomic E-state index is -4.09. The van der Waals surface area contributed by atoms with Crippen LogP contribution in [0.4, 0.5) is 13.2 Å². The third-order valence-corrected chi connectivity index (χ3v) is 8.79. The molecule has 1 aromatic rings. The molecule has 1 fully saturated rings. The predicted molar refractivity (Wildman–Crippen MR) is 132 cm³/mol. The first-order chi connectivity index (χ1) is 16.5. The lowest BCUT2D eigenvalue weighted by atomic mass is 9.81. The van der Waals surface area contributed by atoms with Crippen LogP contribution in [-0.2, 0) is 16.4 Å². The van der Waals surface area contributed by atoms with Gasteiger partial charge in [-0.2, -0.15) is 13.2 Å². The number of aromatic nitrogens is 1. The zero-order valence-electron chi connectivity index (χ0n) is 21.0. The van der Waals surface area contributed by atoms with E-state index >= 15 is 0 Å². The van der Waals surface area contributed by atoms with Crippen molar-refractivity contribution in [3.05, 3.63) is 35.4 Å². The minimum Gasteiger partial charge on any atom is -0.380 e. The van der Waals surface area contributed by atoms with Crippen molar-refractivity contribution in [1.82, 2.24) is 15.2 Å². The number of hydrogen-bond donors (Lipinski definition) is 1. The number of rotatable bonds is 9. The van der Waals surface area contributed by atoms with Crippen LogP contribution in [-0.4, -0.2) is 55.6 Å². The second-order valence-electron chi connectivity index (χ2n) is 9.87. The van der Waals surface area contributed by atoms with Gasteiger partial charge in [-0.3, -0.25) is 14.9 Å². The Bertz CT molecular complexity index is 1010. The quantitative estimate of drug-likeness (QED) is 0.471. The molecule has 1 aromatic heterocycles. The molecular formula is C25H37F3N4O2S. The van der Waals surface area contributed by atoms with Crippen molar-refractivity contribution in [2.24, 2.45) is 22.7 Å². The third kappa shape index (κ3) is 6.84. The van der Waals surface area contributed by atoms with Crippen LogP contribution in [0.25, 0.3) is 0 Å². The fraction of sp³-hybridized carbons (Fsp3) is 0.680. The Labute approximate surface area is 207 Å². The highest BCUT2D eigenvalue weighted by atomic mass is 32.2. The van der Waals surface area contributed by atoms with Crippen molar-refractivity contribution < 1.29 is 21.6 Å². The molecule has 3 rings (SSSR count). The number of pyridine rings is 1. The van der Waals surface area contributed by atoms with E-state index in [9.17, 15) is 21.6 Å². The van der Waals surface area contributed by atoms with Gasteiger partial charge in [-0.05, 0) is 56.6 Å². The first kappa shape index (κ1) is 27.6. The number of hydrogen-bond acceptors (Lipinski definition) is 6. The van der Waals surface area contributed by atoms with Crippen LogP contribution in [0.5, 0.6) is 0 Å². The number of nitrogens with zero attached hydrogens (tertiary/aromatic N) is 3. The Morgan fingerprint density at radius 2 is 1.91 bits per heavy atom. The Balaban J connectivity index is 1.69. The van der Waals surface area contributed by atoms with E-state index in [4.69, 9.17) is 0 Å². The molecule has 2 aliphatic rings. The summed E-state index contributed by atoms with van der Waals surface area (Å²) in [4.78, 5) is 11.5. The Morgan fingerprint density at radius 1 is 1.23 bits per heavy atom. The molecule has 0 spiro atoms. The highest BCUT2D eigenvalue weighted by Gasteiger charge is 2.42. The smallest absolute Gasteiger partial charge is 0.380 e. The van der Waals surface area contributed by atoms with Crippen molar-refractivity contribution in [3.63, 3.8) is 0 Å². The van der Waals surface area contributed by atoms with E-state index in [0.29, 0.717) is 25.9 Å². The first-order valence-corrected chi connectivity index (χ1v) is 14.1. The summed E-state index contributed by atoms with van der Waals surface area (Å²) in [6.07, 6.45) is 0.685. The molecule has 0 unspecified atom stereocenters. The van der Waals surface area contributed by atoms with Crippen molar-refractivity contribution >= 4 is 16.1 Å². The number of aliphatic imine (C=N–C) groups is 1. The summed E-state index contributed by atoms with van der Waals surface area (Å²) >= 11 is 0. The summed E-state index contributed by atoms with van der Waals surface area (Å²) in [5, 5.41) is 3.45. The maximum Gasteiger partial charge on any atom is 0.391 e. The maximum absolute atomic E-state index is 13.1. The van der Waals surface area contributed by atoms with Gasteiger partial charge in [0.25, 0.3) is 0 Å². The third-order valence-electron chi connectivity index (χ3n) is 7.07. The van der Waals surface area contributed by atoms with Crippen LogP contribution in [0.3, 0.4) is 0 Å². The van der Waals surface area contributed by atoms with Crippen LogP contribution in [0.2, 0.25) is 0 Å². The summed E-state index contributed by atoms with van der Waals surface area (Å²) in [6.45, 7) is 9.59. The van der Waals surface area contributed by atoms with E-state index in [1.807, 2.05) is 6.92 Å². The van der Waals surface area contributed by atoms with Gasteiger partial charge in [-0.1, -0.05) is 20.8 Å². The van der Waals surface area contributed by atoms with E-state index in [0.717, 1.165) is 23.6 Å². The second kappa shape index (κ2) is 11.4. The van der Waals surface area contributed by atoms with Crippen LogP contribution >= 0.6 is 0 Å². The van der Waals surface area contributed by atoms with Gasteiger partial charge in [0.15, 0.2) is 9.84 Å². The van der Waals surface area contributed by atoms with Gasteiger partial charge < -0.3 is 5.32 Å². The highest BCUT2D eigenvalue weighted by molar-refractivity contribution is 7.91. The van der Waals surface area contributed by atoms with Crippen LogP contribution in [0.1, 0.15) is 59.1 Å². The summed E-state index contributed by atoms with van der Waals surface area (Å²) in [7, 11) is -3.29. The SMILES string of the molecule is CC=NC1=C(NCc2ccc(S(=O)(=O)CC)cn2)CN(CC2CCC(C(F)(F)F)CC2)[C@H]1C(C)C. The van der Waals surface area contributed by atoms with Gasteiger partial charge in [-0.25, -0.2) is 8.42 Å². The van der Waals surface area contributed by atoms with Crippen molar-refractivity contribution in [1.29, 1.82) is 0 Å². The van der Waals surface area contributed by atoms with Gasteiger partial charge in [-0.15, -0.1) is 0 Å². The zero-order valence-corrected chi connectivity index (χ0v) is 21.8. The van der Waals surface area contributed by atoms with E-state index in [1.54, 1.807) is 25.3 Å². The van der Waals surface area contributed by atoms with E-state index in [1.165, 1.54) is 6.20 Å². The summed E-state index contributed by atoms with van der Waals surface area (Å²) in [6, 6.07) is 3.38. The molecule has 1 N–H and O–H groups in total. The summed E-state index contributed by atoms with van der Waals surface area (Å²) in [5.41, 5.74) is 2.66. The van der Waals surface area contributed by atoms with E-state index in [-0.39, 0.29) is 41.4 Å². The van der Waals surface area contributed by atoms with Crippen molar-refractivity contribution in [2.75, 3.05) is 18.8 Å². The van der Waals surface area contributed by atoms with Gasteiger partial charge >= 0.3 is 6.18 Å². The van der Waals surface area contributed by atoms with E-state index < -0.39 is 21.9 Å². The lowest BCUT2D eigenvalue weighted by Gasteiger charge is -2.35. The fourth-order valence-corrected chi connectivity index (χ4v) is 5.98. The molecular weight excluding hydrogens is 477 g/mol. The maximum atomic E-state index is 13.1. The van der Waals surface area contributed by atoms with E-state index in [2.05, 4.69) is 34.0 Å². The topological polar surface area (TPSA) is 74.7 Å². The molecule has 1 atom stereocenters. The molecule has 1 aliphatic heterocycles. The highest BCUT2D eigenvalue weighted by Crippen LogP contribution is 2.41. The number of halogens is 3. The monoisotopic (exact) mass is 514 g/mol. The predicted octanol–water partition coefficient (Wildman–Crippen LogP) is 4.98. The fourth-order valence-electron chi connectivity index (χ4n) is 5.16. The molecule has 1 aliphatic carbocycles. The molecule has 35 heavy (non-hydrogen) atoms. The first-order valence-electron chi connectivity index (χ1n) is 12.4. The van der Waals surface area contributed by atoms with Gasteiger partial charge in [0.2, 0.25) is 0 Å². The molecule has 0 saturated heterocycles. The van der Waals surface area contributed by atoms with Gasteiger partial charge in [0.05, 0.1) is 40.5 Å². The Hall–Kier alpha value is -1.94. The average Bonchev–Trinajstić information content (AvgIpc) is 3.15. The standard InChI is InChI=1S/C25H37F3N4O2S/c1-5-29-23-22(31-13-20-11-12-21(14-30-20)35(33,34)6-2)16-32(24(23)17(3)4)15-18-7-9-19(10-8-18)25(26,27)28/h5,11-12,14,17-19,24,31H,6-10,13,15-16H2,1-4H3/t18?,19?,24-/m0/s1. The largest absolute Gasteiger partial charge is 0.391 e. The lowest BCUT2D eigenvalue weighted by Crippen LogP contribution is -2.40. The normalized spacial score (nSPS) is 24.6. The molecule has 196 valence electrons. The molecule has 6 nitrogen and oxygen atoms in total.